The predicted octanol–water partition coefficient (Wildman–Crippen LogP) is 6.92. The minimum Gasteiger partial charge on any atom is -0.388 e. The molecule has 3 heterocycles. The number of aryl methyl sites for hydroxylation is 2. The summed E-state index contributed by atoms with van der Waals surface area (Å²) in [4.78, 5) is 16.8. The highest BCUT2D eigenvalue weighted by atomic mass is 19.4. The Morgan fingerprint density at radius 1 is 0.885 bits per heavy atom. The van der Waals surface area contributed by atoms with Crippen molar-refractivity contribution in [3.8, 4) is 0 Å². The number of halogens is 9. The van der Waals surface area contributed by atoms with Crippen molar-refractivity contribution < 1.29 is 44.6 Å². The molecule has 1 aliphatic heterocycles. The van der Waals surface area contributed by atoms with Gasteiger partial charge in [0, 0.05) is 44.0 Å². The van der Waals surface area contributed by atoms with Crippen molar-refractivity contribution in [2.24, 2.45) is 7.05 Å². The van der Waals surface area contributed by atoms with Gasteiger partial charge in [-0.05, 0) is 84.5 Å². The molecule has 0 aliphatic carbocycles. The Hall–Kier alpha value is -4.45. The van der Waals surface area contributed by atoms with Crippen LogP contribution in [0.1, 0.15) is 71.2 Å². The molecule has 18 heteroatoms. The second-order valence-electron chi connectivity index (χ2n) is 13.1. The average Bonchev–Trinajstić information content (AvgIpc) is 3.49. The number of aliphatic hydroxyl groups is 1. The van der Waals surface area contributed by atoms with Crippen LogP contribution in [-0.2, 0) is 45.2 Å². The molecule has 0 radical (unpaired) electrons. The van der Waals surface area contributed by atoms with Gasteiger partial charge < -0.3 is 14.6 Å². The summed E-state index contributed by atoms with van der Waals surface area (Å²) in [6, 6.07) is 7.08. The maximum Gasteiger partial charge on any atom is 0.416 e. The van der Waals surface area contributed by atoms with Crippen molar-refractivity contribution in [3.63, 3.8) is 0 Å². The van der Waals surface area contributed by atoms with Crippen LogP contribution < -0.4 is 10.5 Å². The summed E-state index contributed by atoms with van der Waals surface area (Å²) >= 11 is 0. The van der Waals surface area contributed by atoms with Crippen LogP contribution in [0, 0.1) is 6.92 Å². The third-order valence-corrected chi connectivity index (χ3v) is 9.22. The fourth-order valence-electron chi connectivity index (χ4n) is 6.56. The van der Waals surface area contributed by atoms with Crippen LogP contribution in [0.2, 0.25) is 0 Å². The van der Waals surface area contributed by atoms with Gasteiger partial charge in [-0.1, -0.05) is 24.2 Å². The lowest BCUT2D eigenvalue weighted by Crippen LogP contribution is -2.49. The Balaban J connectivity index is 1.50. The molecule has 1 aliphatic rings. The maximum atomic E-state index is 14.1. The molecule has 5 rings (SSSR count). The zero-order valence-corrected chi connectivity index (χ0v) is 28.3. The highest BCUT2D eigenvalue weighted by molar-refractivity contribution is 5.42. The van der Waals surface area contributed by atoms with E-state index in [9.17, 15) is 49.4 Å². The van der Waals surface area contributed by atoms with Crippen molar-refractivity contribution in [3.05, 3.63) is 104 Å². The standard InChI is InChI=1S/C34H36F9N7O2/c1-4-28(48-12-9-31(52,10-13-48)20-49-11-5-6-21(2)29(49)51)27-8-7-24(32(35,36)37)16-23(27)19-50(30-44-46-47(3)45-30)18-22-14-25(33(38,39)40)17-26(15-22)34(41,42)43/h5-8,11,14-17,28,52H,4,9-10,12-13,18-20H2,1-3H3. The fourth-order valence-corrected chi connectivity index (χ4v) is 6.56. The van der Waals surface area contributed by atoms with E-state index in [0.717, 1.165) is 16.9 Å². The summed E-state index contributed by atoms with van der Waals surface area (Å²) in [6.45, 7) is 3.09. The molecule has 0 amide bonds. The first-order chi connectivity index (χ1) is 24.2. The van der Waals surface area contributed by atoms with Crippen molar-refractivity contribution >= 4 is 5.95 Å². The van der Waals surface area contributed by atoms with E-state index in [0.29, 0.717) is 42.8 Å². The van der Waals surface area contributed by atoms with Gasteiger partial charge in [0.05, 0.1) is 35.9 Å². The van der Waals surface area contributed by atoms with Gasteiger partial charge in [0.25, 0.3) is 11.5 Å². The maximum absolute atomic E-state index is 14.1. The molecule has 0 spiro atoms. The molecule has 1 saturated heterocycles. The number of hydrogen-bond donors (Lipinski definition) is 1. The molecular formula is C34H36F9N7O2. The quantitative estimate of drug-likeness (QED) is 0.176. The summed E-state index contributed by atoms with van der Waals surface area (Å²) in [5, 5.41) is 23.0. The van der Waals surface area contributed by atoms with Crippen LogP contribution in [0.3, 0.4) is 0 Å². The molecule has 1 fully saturated rings. The molecule has 9 nitrogen and oxygen atoms in total. The number of alkyl halides is 9. The molecule has 0 saturated carbocycles. The molecule has 1 unspecified atom stereocenters. The van der Waals surface area contributed by atoms with Crippen molar-refractivity contribution in [1.82, 2.24) is 29.7 Å². The molecule has 2 aromatic heterocycles. The lowest BCUT2D eigenvalue weighted by atomic mass is 9.87. The Bertz CT molecular complexity index is 1900. The number of aromatic nitrogens is 5. The van der Waals surface area contributed by atoms with Gasteiger partial charge in [-0.15, -0.1) is 5.10 Å². The van der Waals surface area contributed by atoms with E-state index in [1.807, 2.05) is 11.8 Å². The number of tetrazole rings is 1. The molecule has 0 bridgehead atoms. The van der Waals surface area contributed by atoms with Gasteiger partial charge in [-0.25, -0.2) is 0 Å². The monoisotopic (exact) mass is 745 g/mol. The summed E-state index contributed by atoms with van der Waals surface area (Å²) in [5.41, 5.74) is -4.97. The number of rotatable bonds is 10. The molecule has 1 atom stereocenters. The zero-order valence-electron chi connectivity index (χ0n) is 28.3. The molecule has 1 N–H and O–H groups in total. The average molecular weight is 746 g/mol. The van der Waals surface area contributed by atoms with E-state index < -0.39 is 65.5 Å². The SMILES string of the molecule is CCC(c1ccc(C(F)(F)F)cc1CN(Cc1cc(C(F)(F)F)cc(C(F)(F)F)c1)c1nnn(C)n1)N1CCC(O)(Cn2cccc(C)c2=O)CC1. The van der Waals surface area contributed by atoms with E-state index in [-0.39, 0.29) is 42.5 Å². The van der Waals surface area contributed by atoms with E-state index in [2.05, 4.69) is 15.4 Å². The second kappa shape index (κ2) is 14.5. The van der Waals surface area contributed by atoms with Gasteiger partial charge in [0.1, 0.15) is 0 Å². The van der Waals surface area contributed by atoms with Crippen LogP contribution >= 0.6 is 0 Å². The Morgan fingerprint density at radius 2 is 1.50 bits per heavy atom. The van der Waals surface area contributed by atoms with Gasteiger partial charge >= 0.3 is 18.5 Å². The molecule has 2 aromatic carbocycles. The predicted molar refractivity (Wildman–Crippen MR) is 171 cm³/mol. The number of pyridine rings is 1. The third-order valence-electron chi connectivity index (χ3n) is 9.22. The summed E-state index contributed by atoms with van der Waals surface area (Å²) < 4.78 is 126. The normalized spacial score (nSPS) is 16.2. The van der Waals surface area contributed by atoms with E-state index >= 15 is 0 Å². The van der Waals surface area contributed by atoms with Crippen molar-refractivity contribution in [1.29, 1.82) is 0 Å². The molecule has 4 aromatic rings. The third kappa shape index (κ3) is 8.94. The topological polar surface area (TPSA) is 92.3 Å². The smallest absolute Gasteiger partial charge is 0.388 e. The molecular weight excluding hydrogens is 709 g/mol. The summed E-state index contributed by atoms with van der Waals surface area (Å²) in [7, 11) is 1.37. The number of benzene rings is 2. The lowest BCUT2D eigenvalue weighted by Gasteiger charge is -2.42. The van der Waals surface area contributed by atoms with Crippen LogP contribution in [0.25, 0.3) is 0 Å². The largest absolute Gasteiger partial charge is 0.416 e. The van der Waals surface area contributed by atoms with Crippen LogP contribution in [-0.4, -0.2) is 53.5 Å². The first-order valence-electron chi connectivity index (χ1n) is 16.3. The Labute approximate surface area is 292 Å². The number of piperidine rings is 1. The molecule has 282 valence electrons. The fraction of sp³-hybridized carbons (Fsp3) is 0.471. The number of nitrogens with zero attached hydrogens (tertiary/aromatic N) is 7. The summed E-state index contributed by atoms with van der Waals surface area (Å²) in [6.07, 6.45) is -12.5. The van der Waals surface area contributed by atoms with E-state index in [1.54, 1.807) is 25.3 Å². The first-order valence-corrected chi connectivity index (χ1v) is 16.3. The van der Waals surface area contributed by atoms with Crippen molar-refractivity contribution in [2.75, 3.05) is 18.0 Å². The first kappa shape index (κ1) is 38.8. The number of anilines is 1. The molecule has 52 heavy (non-hydrogen) atoms. The highest BCUT2D eigenvalue weighted by Gasteiger charge is 2.39. The highest BCUT2D eigenvalue weighted by Crippen LogP contribution is 2.39. The van der Waals surface area contributed by atoms with Gasteiger partial charge in [0.15, 0.2) is 0 Å². The van der Waals surface area contributed by atoms with Crippen LogP contribution in [0.4, 0.5) is 45.5 Å². The van der Waals surface area contributed by atoms with Crippen LogP contribution in [0.15, 0.2) is 59.5 Å². The zero-order chi connectivity index (χ0) is 38.2. The van der Waals surface area contributed by atoms with Gasteiger partial charge in [0.2, 0.25) is 0 Å². The minimum absolute atomic E-state index is 0.00989. The lowest BCUT2D eigenvalue weighted by molar-refractivity contribution is -0.143. The van der Waals surface area contributed by atoms with E-state index in [4.69, 9.17) is 0 Å². The Kier molecular flexibility index (Phi) is 10.8. The van der Waals surface area contributed by atoms with Crippen LogP contribution in [0.5, 0.6) is 0 Å². The second-order valence-corrected chi connectivity index (χ2v) is 13.1. The van der Waals surface area contributed by atoms with Gasteiger partial charge in [-0.3, -0.25) is 9.69 Å². The Morgan fingerprint density at radius 3 is 2.04 bits per heavy atom. The number of hydrogen-bond acceptors (Lipinski definition) is 7. The van der Waals surface area contributed by atoms with Crippen molar-refractivity contribution in [2.45, 2.75) is 82.9 Å². The van der Waals surface area contributed by atoms with E-state index in [1.165, 1.54) is 22.6 Å². The minimum atomic E-state index is -5.12. The summed E-state index contributed by atoms with van der Waals surface area (Å²) in [5.74, 6) is -0.237. The number of likely N-dealkylation sites (tertiary alicyclic amines) is 1. The van der Waals surface area contributed by atoms with Gasteiger partial charge in [-0.2, -0.15) is 44.3 Å².